The van der Waals surface area contributed by atoms with Gasteiger partial charge in [-0.3, -0.25) is 9.59 Å². The molecule has 1 heterocycles. The highest BCUT2D eigenvalue weighted by Crippen LogP contribution is 2.61. The van der Waals surface area contributed by atoms with Crippen LogP contribution in [0, 0.1) is 23.2 Å². The molecule has 7 heteroatoms. The van der Waals surface area contributed by atoms with Gasteiger partial charge >= 0.3 is 0 Å². The van der Waals surface area contributed by atoms with Crippen molar-refractivity contribution in [2.24, 2.45) is 23.2 Å². The number of amides is 2. The Bertz CT molecular complexity index is 1120. The Morgan fingerprint density at radius 1 is 0.838 bits per heavy atom. The summed E-state index contributed by atoms with van der Waals surface area (Å²) >= 11 is 5.47. The second-order valence-corrected chi connectivity index (χ2v) is 12.2. The monoisotopic (exact) mass is 516 g/mol. The number of anilines is 2. The summed E-state index contributed by atoms with van der Waals surface area (Å²) in [6.45, 7) is 3.00. The van der Waals surface area contributed by atoms with Crippen LogP contribution >= 0.6 is 12.2 Å². The van der Waals surface area contributed by atoms with E-state index in [-0.39, 0.29) is 17.2 Å². The predicted octanol–water partition coefficient (Wildman–Crippen LogP) is 5.07. The number of thiocarbonyl (C=S) groups is 1. The van der Waals surface area contributed by atoms with Crippen LogP contribution in [0.5, 0.6) is 0 Å². The van der Waals surface area contributed by atoms with Crippen molar-refractivity contribution >= 4 is 40.5 Å². The van der Waals surface area contributed by atoms with E-state index in [1.165, 1.54) is 38.5 Å². The van der Waals surface area contributed by atoms with E-state index in [1.54, 1.807) is 0 Å². The highest BCUT2D eigenvalue weighted by Gasteiger charge is 2.51. The second kappa shape index (κ2) is 10.1. The van der Waals surface area contributed by atoms with Gasteiger partial charge in [-0.05, 0) is 110 Å². The number of carbonyl (C=O) groups is 2. The molecular weight excluding hydrogens is 480 g/mol. The van der Waals surface area contributed by atoms with Crippen LogP contribution in [0.4, 0.5) is 11.4 Å². The van der Waals surface area contributed by atoms with Gasteiger partial charge in [-0.1, -0.05) is 18.2 Å². The number of carbonyl (C=O) groups excluding carboxylic acids is 2. The van der Waals surface area contributed by atoms with Crippen molar-refractivity contribution in [1.29, 1.82) is 0 Å². The van der Waals surface area contributed by atoms with Gasteiger partial charge in [0.15, 0.2) is 5.11 Å². The lowest BCUT2D eigenvalue weighted by Crippen LogP contribution is -2.48. The summed E-state index contributed by atoms with van der Waals surface area (Å²) in [4.78, 5) is 29.8. The van der Waals surface area contributed by atoms with Crippen LogP contribution in [0.3, 0.4) is 0 Å². The molecule has 0 aromatic heterocycles. The highest BCUT2D eigenvalue weighted by atomic mass is 32.1. The summed E-state index contributed by atoms with van der Waals surface area (Å²) < 4.78 is 0. The van der Waals surface area contributed by atoms with Crippen molar-refractivity contribution in [3.8, 4) is 0 Å². The van der Waals surface area contributed by atoms with Crippen LogP contribution < -0.4 is 15.5 Å². The summed E-state index contributed by atoms with van der Waals surface area (Å²) in [6.07, 6.45) is 8.44. The maximum Gasteiger partial charge on any atom is 0.253 e. The third kappa shape index (κ3) is 5.37. The van der Waals surface area contributed by atoms with Crippen LogP contribution in [0.25, 0.3) is 0 Å². The van der Waals surface area contributed by atoms with Gasteiger partial charge in [-0.25, -0.2) is 0 Å². The lowest BCUT2D eigenvalue weighted by molar-refractivity contribution is -0.127. The van der Waals surface area contributed by atoms with Crippen molar-refractivity contribution in [3.63, 3.8) is 0 Å². The van der Waals surface area contributed by atoms with Gasteiger partial charge in [0.25, 0.3) is 5.91 Å². The standard InChI is InChI=1S/C30H36N4O2S/c35-27(20-30-17-21-14-22(18-30)16-23(15-21)19-30)32-29(37)31-25-6-8-26(9-7-25)33-10-12-34(13-11-33)28(36)24-4-2-1-3-5-24/h1-9,21-23H,10-20H2,(H2,31,32,35,37). The molecule has 0 spiro atoms. The van der Waals surface area contributed by atoms with Crippen LogP contribution in [-0.2, 0) is 4.79 Å². The molecule has 2 aromatic rings. The number of rotatable bonds is 5. The number of piperazine rings is 1. The largest absolute Gasteiger partial charge is 0.368 e. The molecule has 5 fully saturated rings. The third-order valence-corrected chi connectivity index (χ3v) is 9.24. The molecule has 4 aliphatic carbocycles. The molecule has 6 nitrogen and oxygen atoms in total. The van der Waals surface area contributed by atoms with E-state index in [0.717, 1.165) is 47.8 Å². The summed E-state index contributed by atoms with van der Waals surface area (Å²) in [6, 6.07) is 17.6. The average molecular weight is 517 g/mol. The van der Waals surface area contributed by atoms with Gasteiger partial charge < -0.3 is 20.4 Å². The van der Waals surface area contributed by atoms with Crippen molar-refractivity contribution in [2.75, 3.05) is 36.4 Å². The zero-order chi connectivity index (χ0) is 25.4. The number of nitrogens with zero attached hydrogens (tertiary/aromatic N) is 2. The van der Waals surface area contributed by atoms with E-state index in [1.807, 2.05) is 47.4 Å². The Morgan fingerprint density at radius 3 is 2.03 bits per heavy atom. The lowest BCUT2D eigenvalue weighted by atomic mass is 9.49. The highest BCUT2D eigenvalue weighted by molar-refractivity contribution is 7.80. The molecule has 2 aromatic carbocycles. The Balaban J connectivity index is 0.974. The average Bonchev–Trinajstić information content (AvgIpc) is 2.88. The minimum Gasteiger partial charge on any atom is -0.368 e. The molecule has 2 N–H and O–H groups in total. The van der Waals surface area contributed by atoms with E-state index in [9.17, 15) is 9.59 Å². The quantitative estimate of drug-likeness (QED) is 0.544. The van der Waals surface area contributed by atoms with Gasteiger partial charge in [-0.15, -0.1) is 0 Å². The first-order chi connectivity index (χ1) is 17.9. The topological polar surface area (TPSA) is 64.7 Å². The molecule has 5 aliphatic rings. The van der Waals surface area contributed by atoms with E-state index in [2.05, 4.69) is 27.7 Å². The molecule has 0 unspecified atom stereocenters. The molecule has 0 atom stereocenters. The van der Waals surface area contributed by atoms with E-state index in [4.69, 9.17) is 12.2 Å². The SMILES string of the molecule is O=C(CC12CC3CC(CC(C3)C1)C2)NC(=S)Nc1ccc(N2CCN(C(=O)c3ccccc3)CC2)cc1. The number of hydrogen-bond acceptors (Lipinski definition) is 4. The van der Waals surface area contributed by atoms with Gasteiger partial charge in [0.1, 0.15) is 0 Å². The molecule has 4 saturated carbocycles. The maximum absolute atomic E-state index is 12.9. The van der Waals surface area contributed by atoms with Gasteiger partial charge in [0.05, 0.1) is 0 Å². The fourth-order valence-electron chi connectivity index (χ4n) is 7.87. The minimum absolute atomic E-state index is 0.0546. The molecule has 1 saturated heterocycles. The Kier molecular flexibility index (Phi) is 6.65. The zero-order valence-electron chi connectivity index (χ0n) is 21.3. The molecular formula is C30H36N4O2S. The summed E-state index contributed by atoms with van der Waals surface area (Å²) in [7, 11) is 0. The van der Waals surface area contributed by atoms with Crippen LogP contribution in [-0.4, -0.2) is 48.0 Å². The summed E-state index contributed by atoms with van der Waals surface area (Å²) in [5.74, 6) is 2.68. The Hall–Kier alpha value is -2.93. The molecule has 0 radical (unpaired) electrons. The fraction of sp³-hybridized carbons (Fsp3) is 0.500. The zero-order valence-corrected chi connectivity index (χ0v) is 22.1. The van der Waals surface area contributed by atoms with Gasteiger partial charge in [-0.2, -0.15) is 0 Å². The third-order valence-electron chi connectivity index (χ3n) is 9.03. The van der Waals surface area contributed by atoms with Crippen molar-refractivity contribution < 1.29 is 9.59 Å². The van der Waals surface area contributed by atoms with E-state index < -0.39 is 0 Å². The molecule has 7 rings (SSSR count). The molecule has 4 bridgehead atoms. The van der Waals surface area contributed by atoms with E-state index in [0.29, 0.717) is 24.6 Å². The molecule has 37 heavy (non-hydrogen) atoms. The second-order valence-electron chi connectivity index (χ2n) is 11.8. The maximum atomic E-state index is 12.9. The lowest BCUT2D eigenvalue weighted by Gasteiger charge is -2.56. The predicted molar refractivity (Wildman–Crippen MR) is 151 cm³/mol. The van der Waals surface area contributed by atoms with Crippen LogP contribution in [0.1, 0.15) is 55.3 Å². The first kappa shape index (κ1) is 24.4. The van der Waals surface area contributed by atoms with Crippen molar-refractivity contribution in [3.05, 3.63) is 60.2 Å². The minimum atomic E-state index is 0.0546. The number of benzene rings is 2. The fourth-order valence-corrected chi connectivity index (χ4v) is 8.10. The Morgan fingerprint density at radius 2 is 1.43 bits per heavy atom. The van der Waals surface area contributed by atoms with E-state index >= 15 is 0 Å². The molecule has 194 valence electrons. The number of hydrogen-bond donors (Lipinski definition) is 2. The van der Waals surface area contributed by atoms with Gasteiger partial charge in [0, 0.05) is 49.5 Å². The van der Waals surface area contributed by atoms with Gasteiger partial charge in [0.2, 0.25) is 5.91 Å². The first-order valence-corrected chi connectivity index (χ1v) is 14.2. The Labute approximate surface area is 224 Å². The summed E-state index contributed by atoms with van der Waals surface area (Å²) in [5.41, 5.74) is 2.94. The summed E-state index contributed by atoms with van der Waals surface area (Å²) in [5, 5.41) is 6.49. The molecule has 2 amide bonds. The van der Waals surface area contributed by atoms with Crippen molar-refractivity contribution in [1.82, 2.24) is 10.2 Å². The normalized spacial score (nSPS) is 28.2. The smallest absolute Gasteiger partial charge is 0.253 e. The van der Waals surface area contributed by atoms with Crippen LogP contribution in [0.2, 0.25) is 0 Å². The number of nitrogens with one attached hydrogen (secondary N) is 2. The van der Waals surface area contributed by atoms with Crippen LogP contribution in [0.15, 0.2) is 54.6 Å². The molecule has 1 aliphatic heterocycles. The first-order valence-electron chi connectivity index (χ1n) is 13.7. The van der Waals surface area contributed by atoms with Crippen molar-refractivity contribution in [2.45, 2.75) is 44.9 Å².